The van der Waals surface area contributed by atoms with Crippen molar-refractivity contribution in [3.05, 3.63) is 24.0 Å². The van der Waals surface area contributed by atoms with E-state index in [-0.39, 0.29) is 17.5 Å². The fourth-order valence-corrected chi connectivity index (χ4v) is 1.81. The Morgan fingerprint density at radius 3 is 3.00 bits per heavy atom. The molecule has 0 spiro atoms. The third-order valence-electron chi connectivity index (χ3n) is 2.79. The van der Waals surface area contributed by atoms with E-state index in [1.165, 1.54) is 18.2 Å². The van der Waals surface area contributed by atoms with Crippen LogP contribution in [0, 0.1) is 11.7 Å². The molecule has 1 unspecified atom stereocenters. The highest BCUT2D eigenvalue weighted by Crippen LogP contribution is 2.19. The lowest BCUT2D eigenvalue weighted by atomic mass is 10.0. The van der Waals surface area contributed by atoms with Crippen molar-refractivity contribution in [2.24, 2.45) is 5.92 Å². The highest BCUT2D eigenvalue weighted by Gasteiger charge is 2.21. The number of carbonyl (C=O) groups excluding carboxylic acids is 1. The van der Waals surface area contributed by atoms with E-state index < -0.39 is 5.82 Å². The predicted octanol–water partition coefficient (Wildman–Crippen LogP) is 1.77. The normalized spacial score (nSPS) is 19.9. The Balaban J connectivity index is 1.99. The van der Waals surface area contributed by atoms with Gasteiger partial charge in [-0.3, -0.25) is 4.79 Å². The first-order valence-electron chi connectivity index (χ1n) is 5.60. The lowest BCUT2D eigenvalue weighted by Gasteiger charge is -2.21. The monoisotopic (exact) mass is 238 g/mol. The zero-order valence-electron chi connectivity index (χ0n) is 9.41. The maximum Gasteiger partial charge on any atom is 0.229 e. The van der Waals surface area contributed by atoms with Gasteiger partial charge in [-0.2, -0.15) is 0 Å². The molecule has 0 saturated carbocycles. The molecule has 0 bridgehead atoms. The first-order valence-corrected chi connectivity index (χ1v) is 5.60. The summed E-state index contributed by atoms with van der Waals surface area (Å²) in [6.45, 7) is 1.16. The number of nitrogen functional groups attached to an aromatic ring is 1. The third-order valence-corrected chi connectivity index (χ3v) is 2.79. The van der Waals surface area contributed by atoms with E-state index in [1.807, 2.05) is 0 Å². The Morgan fingerprint density at radius 2 is 2.35 bits per heavy atom. The van der Waals surface area contributed by atoms with Crippen LogP contribution in [0.4, 0.5) is 15.8 Å². The second-order valence-electron chi connectivity index (χ2n) is 4.14. The standard InChI is InChI=1S/C12H15FN2O2/c13-10-4-3-9(6-11(10)14)15-12(16)8-2-1-5-17-7-8/h3-4,6,8H,1-2,5,7,14H2,(H,15,16). The number of ether oxygens (including phenoxy) is 1. The minimum absolute atomic E-state index is 0.0303. The summed E-state index contributed by atoms with van der Waals surface area (Å²) >= 11 is 0. The second-order valence-corrected chi connectivity index (χ2v) is 4.14. The van der Waals surface area contributed by atoms with Crippen molar-refractivity contribution in [3.63, 3.8) is 0 Å². The van der Waals surface area contributed by atoms with Gasteiger partial charge >= 0.3 is 0 Å². The number of benzene rings is 1. The number of nitrogens with two attached hydrogens (primary N) is 1. The van der Waals surface area contributed by atoms with Crippen LogP contribution in [0.5, 0.6) is 0 Å². The van der Waals surface area contributed by atoms with E-state index in [1.54, 1.807) is 0 Å². The van der Waals surface area contributed by atoms with Gasteiger partial charge in [0.15, 0.2) is 0 Å². The van der Waals surface area contributed by atoms with Gasteiger partial charge in [-0.05, 0) is 31.0 Å². The van der Waals surface area contributed by atoms with Gasteiger partial charge in [-0.15, -0.1) is 0 Å². The molecule has 1 aliphatic heterocycles. The molecule has 0 aliphatic carbocycles. The molecule has 1 amide bonds. The molecule has 4 nitrogen and oxygen atoms in total. The van der Waals surface area contributed by atoms with Crippen LogP contribution in [0.3, 0.4) is 0 Å². The highest BCUT2D eigenvalue weighted by atomic mass is 19.1. The first-order chi connectivity index (χ1) is 8.16. The van der Waals surface area contributed by atoms with E-state index in [4.69, 9.17) is 10.5 Å². The van der Waals surface area contributed by atoms with Crippen LogP contribution in [0.1, 0.15) is 12.8 Å². The van der Waals surface area contributed by atoms with Gasteiger partial charge in [0.05, 0.1) is 18.2 Å². The molecule has 17 heavy (non-hydrogen) atoms. The Kier molecular flexibility index (Phi) is 3.58. The summed E-state index contributed by atoms with van der Waals surface area (Å²) in [5.41, 5.74) is 5.97. The molecule has 3 N–H and O–H groups in total. The molecular formula is C12H15FN2O2. The lowest BCUT2D eigenvalue weighted by molar-refractivity contribution is -0.123. The minimum Gasteiger partial charge on any atom is -0.396 e. The molecule has 1 fully saturated rings. The van der Waals surface area contributed by atoms with Gasteiger partial charge in [0.2, 0.25) is 5.91 Å². The second kappa shape index (κ2) is 5.14. The zero-order valence-corrected chi connectivity index (χ0v) is 9.41. The summed E-state index contributed by atoms with van der Waals surface area (Å²) in [5, 5.41) is 2.71. The Labute approximate surface area is 98.9 Å². The third kappa shape index (κ3) is 2.94. The summed E-state index contributed by atoms with van der Waals surface area (Å²) in [6.07, 6.45) is 1.71. The number of hydrogen-bond acceptors (Lipinski definition) is 3. The van der Waals surface area contributed by atoms with Crippen molar-refractivity contribution in [3.8, 4) is 0 Å². The number of rotatable bonds is 2. The minimum atomic E-state index is -0.482. The molecule has 1 aromatic rings. The van der Waals surface area contributed by atoms with E-state index >= 15 is 0 Å². The summed E-state index contributed by atoms with van der Waals surface area (Å²) in [4.78, 5) is 11.8. The zero-order chi connectivity index (χ0) is 12.3. The van der Waals surface area contributed by atoms with Gasteiger partial charge in [-0.25, -0.2) is 4.39 Å². The van der Waals surface area contributed by atoms with Crippen molar-refractivity contribution in [2.75, 3.05) is 24.3 Å². The molecule has 0 aromatic heterocycles. The van der Waals surface area contributed by atoms with Crippen molar-refractivity contribution in [1.29, 1.82) is 0 Å². The smallest absolute Gasteiger partial charge is 0.229 e. The first kappa shape index (κ1) is 11.9. The van der Waals surface area contributed by atoms with E-state index in [2.05, 4.69) is 5.32 Å². The average Bonchev–Trinajstić information content (AvgIpc) is 2.35. The number of amides is 1. The topological polar surface area (TPSA) is 64.3 Å². The number of hydrogen-bond donors (Lipinski definition) is 2. The molecular weight excluding hydrogens is 223 g/mol. The van der Waals surface area contributed by atoms with Gasteiger partial charge in [0, 0.05) is 12.3 Å². The molecule has 92 valence electrons. The van der Waals surface area contributed by atoms with Crippen LogP contribution >= 0.6 is 0 Å². The van der Waals surface area contributed by atoms with Crippen molar-refractivity contribution in [1.82, 2.24) is 0 Å². The van der Waals surface area contributed by atoms with Crippen LogP contribution in [-0.2, 0) is 9.53 Å². The van der Waals surface area contributed by atoms with Gasteiger partial charge in [0.25, 0.3) is 0 Å². The molecule has 2 rings (SSSR count). The summed E-state index contributed by atoms with van der Waals surface area (Å²) in [7, 11) is 0. The fraction of sp³-hybridized carbons (Fsp3) is 0.417. The SMILES string of the molecule is Nc1cc(NC(=O)C2CCCOC2)ccc1F. The van der Waals surface area contributed by atoms with E-state index in [9.17, 15) is 9.18 Å². The molecule has 1 saturated heterocycles. The quantitative estimate of drug-likeness (QED) is 0.772. The van der Waals surface area contributed by atoms with E-state index in [0.29, 0.717) is 18.9 Å². The average molecular weight is 238 g/mol. The number of nitrogens with one attached hydrogen (secondary N) is 1. The molecule has 5 heteroatoms. The number of halogens is 1. The van der Waals surface area contributed by atoms with Gasteiger partial charge in [-0.1, -0.05) is 0 Å². The molecule has 1 aliphatic rings. The van der Waals surface area contributed by atoms with Crippen LogP contribution < -0.4 is 11.1 Å². The Hall–Kier alpha value is -1.62. The predicted molar refractivity (Wildman–Crippen MR) is 63.0 cm³/mol. The number of anilines is 2. The lowest BCUT2D eigenvalue weighted by Crippen LogP contribution is -2.30. The number of carbonyl (C=O) groups is 1. The maximum atomic E-state index is 12.9. The molecule has 0 radical (unpaired) electrons. The highest BCUT2D eigenvalue weighted by molar-refractivity contribution is 5.93. The van der Waals surface area contributed by atoms with Crippen LogP contribution in [0.2, 0.25) is 0 Å². The van der Waals surface area contributed by atoms with E-state index in [0.717, 1.165) is 12.8 Å². The van der Waals surface area contributed by atoms with Gasteiger partial charge < -0.3 is 15.8 Å². The van der Waals surface area contributed by atoms with Crippen LogP contribution in [0.15, 0.2) is 18.2 Å². The Morgan fingerprint density at radius 1 is 1.53 bits per heavy atom. The van der Waals surface area contributed by atoms with Gasteiger partial charge in [0.1, 0.15) is 5.82 Å². The molecule has 1 heterocycles. The summed E-state index contributed by atoms with van der Waals surface area (Å²) in [6, 6.07) is 4.15. The molecule has 1 atom stereocenters. The molecule has 1 aromatic carbocycles. The van der Waals surface area contributed by atoms with Crippen LogP contribution in [0.25, 0.3) is 0 Å². The van der Waals surface area contributed by atoms with Crippen LogP contribution in [-0.4, -0.2) is 19.1 Å². The van der Waals surface area contributed by atoms with Crippen molar-refractivity contribution in [2.45, 2.75) is 12.8 Å². The largest absolute Gasteiger partial charge is 0.396 e. The van der Waals surface area contributed by atoms with Crippen molar-refractivity contribution >= 4 is 17.3 Å². The summed E-state index contributed by atoms with van der Waals surface area (Å²) < 4.78 is 18.2. The summed E-state index contributed by atoms with van der Waals surface area (Å²) in [5.74, 6) is -0.713. The van der Waals surface area contributed by atoms with Crippen molar-refractivity contribution < 1.29 is 13.9 Å². The Bertz CT molecular complexity index is 417. The fourth-order valence-electron chi connectivity index (χ4n) is 1.81. The maximum absolute atomic E-state index is 12.9.